The quantitative estimate of drug-likeness (QED) is 0.526. The Balaban J connectivity index is 0.000000815. The van der Waals surface area contributed by atoms with Gasteiger partial charge in [-0.2, -0.15) is 5.10 Å². The average molecular weight is 359 g/mol. The molecule has 0 aliphatic carbocycles. The lowest BCUT2D eigenvalue weighted by Gasteiger charge is -2.01. The van der Waals surface area contributed by atoms with Gasteiger partial charge in [-0.1, -0.05) is 19.9 Å². The normalized spacial score (nSPS) is 10.9. The van der Waals surface area contributed by atoms with E-state index in [1.54, 1.807) is 22.7 Å². The van der Waals surface area contributed by atoms with Gasteiger partial charge in [0.15, 0.2) is 5.82 Å². The second kappa shape index (κ2) is 6.91. The van der Waals surface area contributed by atoms with Gasteiger partial charge in [0.2, 0.25) is 0 Å². The van der Waals surface area contributed by atoms with Crippen molar-refractivity contribution in [2.24, 2.45) is 7.05 Å². The lowest BCUT2D eigenvalue weighted by molar-refractivity contribution is 0.799. The molecule has 4 aromatic rings. The molecular formula is C18H22N4S2. The lowest BCUT2D eigenvalue weighted by atomic mass is 10.1. The Bertz CT molecular complexity index is 964. The van der Waals surface area contributed by atoms with Crippen LogP contribution in [0.5, 0.6) is 0 Å². The first kappa shape index (κ1) is 16.9. The third-order valence-corrected chi connectivity index (χ3v) is 5.72. The number of aryl methyl sites for hydroxylation is 3. The molecule has 4 heterocycles. The molecule has 4 aromatic heterocycles. The predicted molar refractivity (Wildman–Crippen MR) is 106 cm³/mol. The first-order chi connectivity index (χ1) is 11.6. The van der Waals surface area contributed by atoms with Crippen LogP contribution in [0.1, 0.15) is 30.0 Å². The minimum Gasteiger partial charge on any atom is -0.363 e. The third kappa shape index (κ3) is 2.91. The van der Waals surface area contributed by atoms with Crippen LogP contribution in [-0.2, 0) is 13.6 Å². The van der Waals surface area contributed by atoms with E-state index in [1.807, 2.05) is 32.5 Å². The van der Waals surface area contributed by atoms with Crippen molar-refractivity contribution in [2.45, 2.75) is 34.2 Å². The predicted octanol–water partition coefficient (Wildman–Crippen LogP) is 5.50. The van der Waals surface area contributed by atoms with Crippen LogP contribution in [0.15, 0.2) is 23.6 Å². The van der Waals surface area contributed by atoms with Crippen molar-refractivity contribution in [2.75, 3.05) is 5.32 Å². The fourth-order valence-corrected chi connectivity index (χ4v) is 4.77. The number of anilines is 1. The van der Waals surface area contributed by atoms with E-state index in [-0.39, 0.29) is 0 Å². The fraction of sp³-hybridized carbons (Fsp3) is 0.333. The molecule has 0 radical (unpaired) electrons. The third-order valence-electron chi connectivity index (χ3n) is 3.76. The van der Waals surface area contributed by atoms with E-state index in [9.17, 15) is 0 Å². The second-order valence-electron chi connectivity index (χ2n) is 5.45. The van der Waals surface area contributed by atoms with Gasteiger partial charge in [-0.05, 0) is 36.9 Å². The molecule has 0 saturated carbocycles. The number of hydrogen-bond donors (Lipinski definition) is 1. The van der Waals surface area contributed by atoms with Crippen molar-refractivity contribution in [1.82, 2.24) is 14.8 Å². The number of nitrogens with one attached hydrogen (secondary N) is 1. The molecule has 0 spiro atoms. The highest BCUT2D eigenvalue weighted by Gasteiger charge is 2.17. The molecule has 0 bridgehead atoms. The topological polar surface area (TPSA) is 42.7 Å². The Labute approximate surface area is 150 Å². The Morgan fingerprint density at radius 1 is 1.25 bits per heavy atom. The maximum absolute atomic E-state index is 4.69. The van der Waals surface area contributed by atoms with Gasteiger partial charge in [0.05, 0.1) is 16.8 Å². The minimum absolute atomic E-state index is 0.809. The summed E-state index contributed by atoms with van der Waals surface area (Å²) in [4.78, 5) is 7.10. The zero-order valence-electron chi connectivity index (χ0n) is 14.7. The number of aromatic nitrogens is 3. The number of fused-ring (bicyclic) bond motifs is 3. The van der Waals surface area contributed by atoms with Gasteiger partial charge in [-0.3, -0.25) is 4.68 Å². The van der Waals surface area contributed by atoms with Gasteiger partial charge in [-0.25, -0.2) is 4.98 Å². The molecule has 24 heavy (non-hydrogen) atoms. The molecule has 0 saturated heterocycles. The first-order valence-corrected chi connectivity index (χ1v) is 9.83. The first-order valence-electron chi connectivity index (χ1n) is 8.13. The number of rotatable bonds is 3. The molecule has 0 aliphatic heterocycles. The summed E-state index contributed by atoms with van der Waals surface area (Å²) >= 11 is 3.48. The van der Waals surface area contributed by atoms with Gasteiger partial charge < -0.3 is 5.32 Å². The van der Waals surface area contributed by atoms with E-state index in [0.29, 0.717) is 0 Å². The highest BCUT2D eigenvalue weighted by atomic mass is 32.1. The molecule has 6 heteroatoms. The van der Waals surface area contributed by atoms with Crippen LogP contribution in [0.4, 0.5) is 5.82 Å². The number of hydrogen-bond acceptors (Lipinski definition) is 5. The van der Waals surface area contributed by atoms with Crippen LogP contribution < -0.4 is 5.32 Å². The molecule has 0 amide bonds. The van der Waals surface area contributed by atoms with E-state index in [2.05, 4.69) is 45.9 Å². The summed E-state index contributed by atoms with van der Waals surface area (Å²) < 4.78 is 3.16. The van der Waals surface area contributed by atoms with Crippen LogP contribution in [0, 0.1) is 13.8 Å². The summed E-state index contributed by atoms with van der Waals surface area (Å²) in [5.74, 6) is 0.950. The largest absolute Gasteiger partial charge is 0.363 e. The van der Waals surface area contributed by atoms with Crippen molar-refractivity contribution >= 4 is 48.9 Å². The van der Waals surface area contributed by atoms with E-state index in [1.165, 1.54) is 26.0 Å². The van der Waals surface area contributed by atoms with Crippen LogP contribution in [0.2, 0.25) is 0 Å². The Morgan fingerprint density at radius 2 is 2.04 bits per heavy atom. The van der Waals surface area contributed by atoms with Crippen molar-refractivity contribution in [1.29, 1.82) is 0 Å². The van der Waals surface area contributed by atoms with Crippen molar-refractivity contribution < 1.29 is 0 Å². The van der Waals surface area contributed by atoms with Crippen molar-refractivity contribution in [3.05, 3.63) is 39.7 Å². The summed E-state index contributed by atoms with van der Waals surface area (Å²) in [5, 5.41) is 11.4. The van der Waals surface area contributed by atoms with Gasteiger partial charge >= 0.3 is 0 Å². The van der Waals surface area contributed by atoms with Gasteiger partial charge in [0.1, 0.15) is 4.83 Å². The van der Waals surface area contributed by atoms with Crippen LogP contribution in [0.25, 0.3) is 20.4 Å². The summed E-state index contributed by atoms with van der Waals surface area (Å²) in [6.07, 6.45) is 0. The maximum Gasteiger partial charge on any atom is 0.166 e. The summed E-state index contributed by atoms with van der Waals surface area (Å²) in [7, 11) is 2.00. The van der Waals surface area contributed by atoms with Crippen molar-refractivity contribution in [3.63, 3.8) is 0 Å². The molecule has 126 valence electrons. The Hall–Kier alpha value is -1.92. The van der Waals surface area contributed by atoms with E-state index >= 15 is 0 Å². The maximum atomic E-state index is 4.69. The fourth-order valence-electron chi connectivity index (χ4n) is 2.84. The average Bonchev–Trinajstić information content (AvgIpc) is 3.25. The van der Waals surface area contributed by atoms with Crippen LogP contribution in [0.3, 0.4) is 0 Å². The summed E-state index contributed by atoms with van der Waals surface area (Å²) in [6, 6.07) is 6.35. The van der Waals surface area contributed by atoms with E-state index in [4.69, 9.17) is 0 Å². The Morgan fingerprint density at radius 3 is 2.75 bits per heavy atom. The standard InChI is InChI=1S/C16H16N4S2.C2H6/c1-9-7-10(2)18-16-12(9)13-14(22-16)15(19-20(13)3)17-8-11-5-4-6-21-11;1-2/h4-7H,8H2,1-3H3,(H,17,19);1-2H3. The number of thiophene rings is 2. The lowest BCUT2D eigenvalue weighted by Crippen LogP contribution is -1.99. The van der Waals surface area contributed by atoms with Gasteiger partial charge in [0, 0.05) is 23.0 Å². The summed E-state index contributed by atoms with van der Waals surface area (Å²) in [5.41, 5.74) is 3.51. The molecule has 4 nitrogen and oxygen atoms in total. The monoisotopic (exact) mass is 358 g/mol. The molecule has 0 aliphatic rings. The van der Waals surface area contributed by atoms with E-state index < -0.39 is 0 Å². The Kier molecular flexibility index (Phi) is 4.87. The van der Waals surface area contributed by atoms with Crippen LogP contribution >= 0.6 is 22.7 Å². The molecule has 0 aromatic carbocycles. The zero-order valence-corrected chi connectivity index (χ0v) is 16.3. The minimum atomic E-state index is 0.809. The molecule has 4 rings (SSSR count). The smallest absolute Gasteiger partial charge is 0.166 e. The molecule has 1 N–H and O–H groups in total. The molecule has 0 unspecified atom stereocenters. The van der Waals surface area contributed by atoms with Crippen molar-refractivity contribution in [3.8, 4) is 0 Å². The van der Waals surface area contributed by atoms with Crippen LogP contribution in [-0.4, -0.2) is 14.8 Å². The molecule has 0 fully saturated rings. The molecule has 0 atom stereocenters. The summed E-state index contributed by atoms with van der Waals surface area (Å²) in [6.45, 7) is 9.00. The second-order valence-corrected chi connectivity index (χ2v) is 7.48. The SMILES string of the molecule is CC.Cc1cc(C)c2c(n1)sc1c(NCc3cccs3)nn(C)c12. The van der Waals surface area contributed by atoms with E-state index in [0.717, 1.165) is 22.9 Å². The molecular weight excluding hydrogens is 336 g/mol. The number of nitrogens with zero attached hydrogens (tertiary/aromatic N) is 3. The highest BCUT2D eigenvalue weighted by Crippen LogP contribution is 2.38. The highest BCUT2D eigenvalue weighted by molar-refractivity contribution is 7.26. The van der Waals surface area contributed by atoms with Gasteiger partial charge in [0.25, 0.3) is 0 Å². The van der Waals surface area contributed by atoms with Gasteiger partial charge in [-0.15, -0.1) is 22.7 Å². The number of pyridine rings is 1. The zero-order chi connectivity index (χ0) is 17.3.